The Balaban J connectivity index is 0.000000161. The SMILES string of the molecule is Clc1nc(Cl)c2cc(Cl)c(Cl)cc2n1.O=c1[nH]c(=O)c2cc(Cl)c(Cl)cc2[nH]1. The summed E-state index contributed by atoms with van der Waals surface area (Å²) in [7, 11) is 0. The van der Waals surface area contributed by atoms with Gasteiger partial charge < -0.3 is 4.98 Å². The molecule has 0 spiro atoms. The van der Waals surface area contributed by atoms with E-state index < -0.39 is 11.2 Å². The Morgan fingerprint density at radius 3 is 1.93 bits per heavy atom. The third kappa shape index (κ3) is 4.54. The second kappa shape index (κ2) is 8.45. The standard InChI is InChI=1S/C8H2Cl4N2.C8H4Cl2N2O2/c9-4-1-3-6(2-5(4)10)13-8(12)14-7(3)11;9-4-1-3-6(2-5(4)10)11-8(14)12-7(3)13/h1-2H;1-2H,(H2,11,12,13,14). The van der Waals surface area contributed by atoms with Crippen LogP contribution in [0, 0.1) is 0 Å². The van der Waals surface area contributed by atoms with E-state index in [9.17, 15) is 9.59 Å². The summed E-state index contributed by atoms with van der Waals surface area (Å²) in [6.45, 7) is 0. The fraction of sp³-hybridized carbons (Fsp3) is 0. The molecule has 0 aliphatic carbocycles. The Morgan fingerprint density at radius 1 is 0.679 bits per heavy atom. The molecule has 0 aliphatic rings. The molecule has 2 heterocycles. The maximum Gasteiger partial charge on any atom is 0.326 e. The predicted octanol–water partition coefficient (Wildman–Crippen LogP) is 5.77. The van der Waals surface area contributed by atoms with Crippen LogP contribution in [0.25, 0.3) is 21.8 Å². The third-order valence-electron chi connectivity index (χ3n) is 3.44. The first-order valence-electron chi connectivity index (χ1n) is 7.25. The van der Waals surface area contributed by atoms with Gasteiger partial charge in [-0.25, -0.2) is 14.8 Å². The van der Waals surface area contributed by atoms with Gasteiger partial charge >= 0.3 is 5.69 Å². The van der Waals surface area contributed by atoms with Crippen LogP contribution in [0.5, 0.6) is 0 Å². The van der Waals surface area contributed by atoms with Gasteiger partial charge in [0.05, 0.1) is 36.5 Å². The Labute approximate surface area is 186 Å². The molecule has 0 atom stereocenters. The van der Waals surface area contributed by atoms with Gasteiger partial charge in [0.25, 0.3) is 5.56 Å². The average molecular weight is 499 g/mol. The zero-order chi connectivity index (χ0) is 20.6. The topological polar surface area (TPSA) is 91.5 Å². The summed E-state index contributed by atoms with van der Waals surface area (Å²) < 4.78 is 0. The van der Waals surface area contributed by atoms with E-state index >= 15 is 0 Å². The number of fused-ring (bicyclic) bond motifs is 2. The van der Waals surface area contributed by atoms with Crippen LogP contribution >= 0.6 is 69.6 Å². The first kappa shape index (κ1) is 21.2. The van der Waals surface area contributed by atoms with Gasteiger partial charge in [0.2, 0.25) is 5.28 Å². The number of hydrogen-bond acceptors (Lipinski definition) is 4. The van der Waals surface area contributed by atoms with Gasteiger partial charge in [0.1, 0.15) is 5.15 Å². The van der Waals surface area contributed by atoms with Crippen molar-refractivity contribution < 1.29 is 0 Å². The van der Waals surface area contributed by atoms with E-state index in [0.29, 0.717) is 36.9 Å². The molecule has 0 amide bonds. The Hall–Kier alpha value is -1.54. The van der Waals surface area contributed by atoms with E-state index in [1.54, 1.807) is 12.1 Å². The molecule has 6 nitrogen and oxygen atoms in total. The van der Waals surface area contributed by atoms with Crippen molar-refractivity contribution in [3.05, 3.63) is 75.6 Å². The van der Waals surface area contributed by atoms with Crippen molar-refractivity contribution >= 4 is 91.4 Å². The molecule has 12 heteroatoms. The van der Waals surface area contributed by atoms with E-state index in [2.05, 4.69) is 19.9 Å². The highest BCUT2D eigenvalue weighted by atomic mass is 35.5. The highest BCUT2D eigenvalue weighted by molar-refractivity contribution is 6.44. The monoisotopic (exact) mass is 496 g/mol. The summed E-state index contributed by atoms with van der Waals surface area (Å²) in [5.74, 6) is 0. The van der Waals surface area contributed by atoms with Gasteiger partial charge in [-0.05, 0) is 35.9 Å². The van der Waals surface area contributed by atoms with Crippen LogP contribution in [0.4, 0.5) is 0 Å². The van der Waals surface area contributed by atoms with Gasteiger partial charge in [-0.3, -0.25) is 9.78 Å². The molecule has 28 heavy (non-hydrogen) atoms. The lowest BCUT2D eigenvalue weighted by Gasteiger charge is -2.02. The van der Waals surface area contributed by atoms with Gasteiger partial charge in [-0.15, -0.1) is 0 Å². The van der Waals surface area contributed by atoms with E-state index in [1.165, 1.54) is 12.1 Å². The quantitative estimate of drug-likeness (QED) is 0.238. The normalized spacial score (nSPS) is 10.8. The molecule has 0 fully saturated rings. The fourth-order valence-electron chi connectivity index (χ4n) is 2.22. The minimum Gasteiger partial charge on any atom is -0.307 e. The second-order valence-electron chi connectivity index (χ2n) is 5.29. The zero-order valence-electron chi connectivity index (χ0n) is 13.3. The summed E-state index contributed by atoms with van der Waals surface area (Å²) in [5, 5.41) is 2.66. The molecule has 0 radical (unpaired) electrons. The molecule has 2 N–H and O–H groups in total. The Morgan fingerprint density at radius 2 is 1.25 bits per heavy atom. The summed E-state index contributed by atoms with van der Waals surface area (Å²) in [6.07, 6.45) is 0. The molecule has 0 saturated carbocycles. The highest BCUT2D eigenvalue weighted by Gasteiger charge is 2.08. The van der Waals surface area contributed by atoms with Gasteiger partial charge in [0.15, 0.2) is 0 Å². The van der Waals surface area contributed by atoms with Crippen LogP contribution in [-0.4, -0.2) is 19.9 Å². The van der Waals surface area contributed by atoms with Crippen molar-refractivity contribution in [1.29, 1.82) is 0 Å². The maximum absolute atomic E-state index is 11.3. The number of nitrogens with zero attached hydrogens (tertiary/aromatic N) is 2. The second-order valence-corrected chi connectivity index (χ2v) is 7.61. The maximum atomic E-state index is 11.3. The van der Waals surface area contributed by atoms with Crippen molar-refractivity contribution in [2.45, 2.75) is 0 Å². The number of rotatable bonds is 0. The number of hydrogen-bond donors (Lipinski definition) is 2. The highest BCUT2D eigenvalue weighted by Crippen LogP contribution is 2.30. The molecule has 4 aromatic rings. The number of aromatic nitrogens is 4. The first-order chi connectivity index (χ1) is 13.2. The summed E-state index contributed by atoms with van der Waals surface area (Å²) >= 11 is 34.6. The van der Waals surface area contributed by atoms with Crippen molar-refractivity contribution in [2.24, 2.45) is 0 Å². The molecule has 0 aliphatic heterocycles. The number of benzene rings is 2. The van der Waals surface area contributed by atoms with Crippen LogP contribution < -0.4 is 11.2 Å². The largest absolute Gasteiger partial charge is 0.326 e. The summed E-state index contributed by atoms with van der Waals surface area (Å²) in [4.78, 5) is 34.5. The van der Waals surface area contributed by atoms with Crippen LogP contribution in [0.3, 0.4) is 0 Å². The van der Waals surface area contributed by atoms with Gasteiger partial charge in [-0.2, -0.15) is 0 Å². The van der Waals surface area contributed by atoms with Crippen molar-refractivity contribution in [3.63, 3.8) is 0 Å². The smallest absolute Gasteiger partial charge is 0.307 e. The lowest BCUT2D eigenvalue weighted by molar-refractivity contribution is 1.08. The van der Waals surface area contributed by atoms with Gasteiger partial charge in [-0.1, -0.05) is 58.0 Å². The van der Waals surface area contributed by atoms with E-state index in [-0.39, 0.29) is 15.5 Å². The fourth-order valence-corrected chi connectivity index (χ4v) is 3.32. The summed E-state index contributed by atoms with van der Waals surface area (Å²) in [5.41, 5.74) is -0.110. The lowest BCUT2D eigenvalue weighted by Crippen LogP contribution is -2.21. The minimum atomic E-state index is -0.569. The van der Waals surface area contributed by atoms with Crippen molar-refractivity contribution in [2.75, 3.05) is 0 Å². The molecule has 0 unspecified atom stereocenters. The molecule has 2 aromatic heterocycles. The molecular weight excluding hydrogens is 493 g/mol. The Bertz CT molecular complexity index is 1340. The van der Waals surface area contributed by atoms with Gasteiger partial charge in [0, 0.05) is 5.39 Å². The van der Waals surface area contributed by atoms with Crippen LogP contribution in [0.2, 0.25) is 30.5 Å². The van der Waals surface area contributed by atoms with Crippen LogP contribution in [-0.2, 0) is 0 Å². The number of H-pyrrole nitrogens is 2. The molecule has 144 valence electrons. The van der Waals surface area contributed by atoms with Crippen LogP contribution in [0.15, 0.2) is 33.9 Å². The minimum absolute atomic E-state index is 0.0842. The number of nitrogens with one attached hydrogen (secondary N) is 2. The van der Waals surface area contributed by atoms with E-state index in [1.807, 2.05) is 0 Å². The number of halogens is 6. The number of aromatic amines is 2. The van der Waals surface area contributed by atoms with E-state index in [4.69, 9.17) is 69.6 Å². The molecule has 0 saturated heterocycles. The Kier molecular flexibility index (Phi) is 6.39. The lowest BCUT2D eigenvalue weighted by atomic mass is 10.2. The van der Waals surface area contributed by atoms with Crippen LogP contribution in [0.1, 0.15) is 0 Å². The van der Waals surface area contributed by atoms with Crippen molar-refractivity contribution in [1.82, 2.24) is 19.9 Å². The molecule has 2 aromatic carbocycles. The van der Waals surface area contributed by atoms with Crippen molar-refractivity contribution in [3.8, 4) is 0 Å². The predicted molar refractivity (Wildman–Crippen MR) is 115 cm³/mol. The molecular formula is C16H6Cl6N4O2. The van der Waals surface area contributed by atoms with E-state index in [0.717, 1.165) is 0 Å². The summed E-state index contributed by atoms with van der Waals surface area (Å²) in [6, 6.07) is 6.06. The average Bonchev–Trinajstić information content (AvgIpc) is 2.59. The first-order valence-corrected chi connectivity index (χ1v) is 9.51. The molecule has 0 bridgehead atoms. The molecule has 4 rings (SSSR count). The third-order valence-corrected chi connectivity index (χ3v) is 5.35. The zero-order valence-corrected chi connectivity index (χ0v) is 17.8.